The molecule has 0 saturated carbocycles. The average molecular weight is 331 g/mol. The second-order valence-electron chi connectivity index (χ2n) is 5.59. The Kier molecular flexibility index (Phi) is 5.39. The number of benzene rings is 1. The van der Waals surface area contributed by atoms with E-state index in [1.165, 1.54) is 11.8 Å². The number of ether oxygens (including phenoxy) is 2. The van der Waals surface area contributed by atoms with Gasteiger partial charge in [-0.2, -0.15) is 0 Å². The minimum absolute atomic E-state index is 0.0392. The minimum atomic E-state index is -0.908. The number of aryl methyl sites for hydroxylation is 1. The third-order valence-electron chi connectivity index (χ3n) is 3.76. The number of anilines is 1. The van der Waals surface area contributed by atoms with Crippen molar-refractivity contribution < 1.29 is 23.9 Å². The molecule has 1 heterocycles. The fourth-order valence-corrected chi connectivity index (χ4v) is 2.53. The summed E-state index contributed by atoms with van der Waals surface area (Å²) in [5.41, 5.74) is 1.67. The molecule has 1 atom stereocenters. The van der Waals surface area contributed by atoms with Gasteiger partial charge in [-0.05, 0) is 32.9 Å². The van der Waals surface area contributed by atoms with Crippen LogP contribution in [0, 0.1) is 6.92 Å². The molecule has 6 heteroatoms. The smallest absolute Gasteiger partial charge is 0.345 e. The molecule has 24 heavy (non-hydrogen) atoms. The van der Waals surface area contributed by atoms with Crippen LogP contribution in [-0.4, -0.2) is 36.9 Å². The maximum atomic E-state index is 12.5. The van der Waals surface area contributed by atoms with Crippen LogP contribution in [0.3, 0.4) is 0 Å². The van der Waals surface area contributed by atoms with Crippen molar-refractivity contribution in [1.29, 1.82) is 0 Å². The zero-order chi connectivity index (χ0) is 17.9. The zero-order valence-electron chi connectivity index (χ0n) is 14.3. The standard InChI is InChI=1S/C18H21NO5/c1-5-23-18(22)16-12(3)24-15(17(16)21)10-19(13(4)20)14-8-6-11(2)7-9-14/h6-9,15H,5,10H2,1-4H3. The number of hydrogen-bond donors (Lipinski definition) is 0. The molecule has 6 nitrogen and oxygen atoms in total. The Bertz CT molecular complexity index is 690. The first-order valence-electron chi connectivity index (χ1n) is 7.78. The summed E-state index contributed by atoms with van der Waals surface area (Å²) in [5.74, 6) is -1.12. The summed E-state index contributed by atoms with van der Waals surface area (Å²) >= 11 is 0. The van der Waals surface area contributed by atoms with Gasteiger partial charge in [0.05, 0.1) is 13.2 Å². The van der Waals surface area contributed by atoms with Gasteiger partial charge in [0.1, 0.15) is 11.3 Å². The molecule has 0 spiro atoms. The number of nitrogens with zero attached hydrogens (tertiary/aromatic N) is 1. The number of carbonyl (C=O) groups is 3. The molecule has 2 rings (SSSR count). The Hall–Kier alpha value is -2.63. The molecule has 1 aliphatic heterocycles. The highest BCUT2D eigenvalue weighted by molar-refractivity contribution is 6.21. The van der Waals surface area contributed by atoms with E-state index in [0.717, 1.165) is 5.56 Å². The summed E-state index contributed by atoms with van der Waals surface area (Å²) in [4.78, 5) is 37.8. The lowest BCUT2D eigenvalue weighted by Gasteiger charge is -2.24. The molecule has 0 N–H and O–H groups in total. The van der Waals surface area contributed by atoms with Crippen molar-refractivity contribution in [3.8, 4) is 0 Å². The number of hydrogen-bond acceptors (Lipinski definition) is 5. The Balaban J connectivity index is 2.18. The van der Waals surface area contributed by atoms with E-state index in [4.69, 9.17) is 9.47 Å². The van der Waals surface area contributed by atoms with Crippen LogP contribution in [0.1, 0.15) is 26.3 Å². The van der Waals surface area contributed by atoms with Gasteiger partial charge in [-0.1, -0.05) is 17.7 Å². The van der Waals surface area contributed by atoms with Gasteiger partial charge in [-0.3, -0.25) is 9.59 Å². The van der Waals surface area contributed by atoms with Gasteiger partial charge in [-0.15, -0.1) is 0 Å². The molecule has 0 saturated heterocycles. The predicted octanol–water partition coefficient (Wildman–Crippen LogP) is 2.15. The van der Waals surface area contributed by atoms with E-state index in [0.29, 0.717) is 5.69 Å². The fraction of sp³-hybridized carbons (Fsp3) is 0.389. The van der Waals surface area contributed by atoms with E-state index in [9.17, 15) is 14.4 Å². The van der Waals surface area contributed by atoms with Crippen LogP contribution in [0.15, 0.2) is 35.6 Å². The Morgan fingerprint density at radius 3 is 2.38 bits per heavy atom. The lowest BCUT2D eigenvalue weighted by molar-refractivity contribution is -0.140. The molecule has 1 amide bonds. The van der Waals surface area contributed by atoms with Crippen molar-refractivity contribution >= 4 is 23.3 Å². The SMILES string of the molecule is CCOC(=O)C1=C(C)OC(CN(C(C)=O)c2ccc(C)cc2)C1=O. The maximum absolute atomic E-state index is 12.5. The number of ketones is 1. The number of rotatable bonds is 5. The molecule has 1 aliphatic rings. The molecule has 0 fully saturated rings. The molecule has 1 aromatic rings. The van der Waals surface area contributed by atoms with Crippen LogP contribution in [0.5, 0.6) is 0 Å². The highest BCUT2D eigenvalue weighted by Crippen LogP contribution is 2.25. The van der Waals surface area contributed by atoms with Crippen LogP contribution < -0.4 is 4.90 Å². The van der Waals surface area contributed by atoms with E-state index >= 15 is 0 Å². The number of allylic oxidation sites excluding steroid dienone is 1. The molecule has 1 aromatic carbocycles. The van der Waals surface area contributed by atoms with Crippen molar-refractivity contribution in [2.75, 3.05) is 18.1 Å². The number of carbonyl (C=O) groups excluding carboxylic acids is 3. The van der Waals surface area contributed by atoms with Crippen LogP contribution in [0.4, 0.5) is 5.69 Å². The van der Waals surface area contributed by atoms with Crippen molar-refractivity contribution in [1.82, 2.24) is 0 Å². The van der Waals surface area contributed by atoms with Gasteiger partial charge in [0, 0.05) is 12.6 Å². The molecule has 128 valence electrons. The maximum Gasteiger partial charge on any atom is 0.345 e. The number of amides is 1. The lowest BCUT2D eigenvalue weighted by Crippen LogP contribution is -2.39. The van der Waals surface area contributed by atoms with E-state index in [1.54, 1.807) is 13.8 Å². The Morgan fingerprint density at radius 1 is 1.21 bits per heavy atom. The third kappa shape index (κ3) is 3.64. The normalized spacial score (nSPS) is 16.8. The van der Waals surface area contributed by atoms with Crippen LogP contribution in [0.25, 0.3) is 0 Å². The lowest BCUT2D eigenvalue weighted by atomic mass is 10.1. The summed E-state index contributed by atoms with van der Waals surface area (Å²) in [7, 11) is 0. The zero-order valence-corrected chi connectivity index (χ0v) is 14.3. The molecular formula is C18H21NO5. The average Bonchev–Trinajstić information content (AvgIpc) is 2.80. The topological polar surface area (TPSA) is 72.9 Å². The van der Waals surface area contributed by atoms with E-state index in [-0.39, 0.29) is 30.4 Å². The summed E-state index contributed by atoms with van der Waals surface area (Å²) in [6.07, 6.45) is -0.908. The van der Waals surface area contributed by atoms with Crippen LogP contribution in [0.2, 0.25) is 0 Å². The predicted molar refractivity (Wildman–Crippen MR) is 88.4 cm³/mol. The van der Waals surface area contributed by atoms with Gasteiger partial charge in [0.2, 0.25) is 11.7 Å². The van der Waals surface area contributed by atoms with Gasteiger partial charge in [-0.25, -0.2) is 4.79 Å². The number of esters is 1. The first-order valence-corrected chi connectivity index (χ1v) is 7.78. The number of Topliss-reactive ketones (excluding diaryl/α,β-unsaturated/α-hetero) is 1. The van der Waals surface area contributed by atoms with E-state index in [2.05, 4.69) is 0 Å². The summed E-state index contributed by atoms with van der Waals surface area (Å²) < 4.78 is 10.4. The van der Waals surface area contributed by atoms with Crippen molar-refractivity contribution in [3.63, 3.8) is 0 Å². The molecular weight excluding hydrogens is 310 g/mol. The minimum Gasteiger partial charge on any atom is -0.484 e. The monoisotopic (exact) mass is 331 g/mol. The second kappa shape index (κ2) is 7.29. The molecule has 0 aliphatic carbocycles. The van der Waals surface area contributed by atoms with Crippen LogP contribution in [-0.2, 0) is 23.9 Å². The Labute approximate surface area is 141 Å². The van der Waals surface area contributed by atoms with Crippen molar-refractivity contribution in [3.05, 3.63) is 41.2 Å². The first-order chi connectivity index (χ1) is 11.3. The highest BCUT2D eigenvalue weighted by atomic mass is 16.5. The van der Waals surface area contributed by atoms with Gasteiger partial charge in [0.25, 0.3) is 0 Å². The summed E-state index contributed by atoms with van der Waals surface area (Å²) in [6, 6.07) is 7.39. The molecule has 0 aromatic heterocycles. The first kappa shape index (κ1) is 17.7. The van der Waals surface area contributed by atoms with Crippen molar-refractivity contribution in [2.45, 2.75) is 33.8 Å². The summed E-state index contributed by atoms with van der Waals surface area (Å²) in [6.45, 7) is 6.80. The van der Waals surface area contributed by atoms with E-state index in [1.807, 2.05) is 31.2 Å². The van der Waals surface area contributed by atoms with E-state index < -0.39 is 17.9 Å². The molecule has 1 unspecified atom stereocenters. The quantitative estimate of drug-likeness (QED) is 0.610. The Morgan fingerprint density at radius 2 is 1.83 bits per heavy atom. The highest BCUT2D eigenvalue weighted by Gasteiger charge is 2.39. The van der Waals surface area contributed by atoms with Crippen molar-refractivity contribution in [2.24, 2.45) is 0 Å². The molecule has 0 radical (unpaired) electrons. The molecule has 0 bridgehead atoms. The van der Waals surface area contributed by atoms with Crippen LogP contribution >= 0.6 is 0 Å². The van der Waals surface area contributed by atoms with Gasteiger partial charge < -0.3 is 14.4 Å². The summed E-state index contributed by atoms with van der Waals surface area (Å²) in [5, 5.41) is 0. The van der Waals surface area contributed by atoms with Gasteiger partial charge in [0.15, 0.2) is 6.10 Å². The van der Waals surface area contributed by atoms with Gasteiger partial charge >= 0.3 is 5.97 Å². The largest absolute Gasteiger partial charge is 0.484 e. The second-order valence-corrected chi connectivity index (χ2v) is 5.59. The fourth-order valence-electron chi connectivity index (χ4n) is 2.53. The third-order valence-corrected chi connectivity index (χ3v) is 3.76.